The SMILES string of the molecule is Cc1ccn(Cc2ccc(Cl)cc2F)c1C(=O)O. The lowest BCUT2D eigenvalue weighted by Crippen LogP contribution is -2.10. The molecule has 0 fully saturated rings. The minimum Gasteiger partial charge on any atom is -0.477 e. The van der Waals surface area contributed by atoms with Crippen molar-refractivity contribution in [3.05, 3.63) is 58.1 Å². The molecule has 0 spiro atoms. The average Bonchev–Trinajstić information content (AvgIpc) is 2.64. The van der Waals surface area contributed by atoms with Crippen molar-refractivity contribution in [3.63, 3.8) is 0 Å². The first-order valence-corrected chi connectivity index (χ1v) is 5.70. The predicted molar refractivity (Wildman–Crippen MR) is 66.6 cm³/mol. The Hall–Kier alpha value is -1.81. The summed E-state index contributed by atoms with van der Waals surface area (Å²) in [6, 6.07) is 6.04. The maximum atomic E-state index is 13.6. The second-order valence-electron chi connectivity index (χ2n) is 4.02. The van der Waals surface area contributed by atoms with Crippen molar-refractivity contribution in [2.24, 2.45) is 0 Å². The van der Waals surface area contributed by atoms with Gasteiger partial charge in [-0.2, -0.15) is 0 Å². The van der Waals surface area contributed by atoms with E-state index in [0.717, 1.165) is 0 Å². The Bertz CT molecular complexity index is 607. The van der Waals surface area contributed by atoms with Gasteiger partial charge in [0.05, 0.1) is 6.54 Å². The van der Waals surface area contributed by atoms with Crippen LogP contribution in [0.3, 0.4) is 0 Å². The largest absolute Gasteiger partial charge is 0.477 e. The van der Waals surface area contributed by atoms with E-state index in [-0.39, 0.29) is 12.2 Å². The van der Waals surface area contributed by atoms with E-state index in [1.807, 2.05) is 0 Å². The molecule has 0 saturated carbocycles. The highest BCUT2D eigenvalue weighted by molar-refractivity contribution is 6.30. The van der Waals surface area contributed by atoms with Crippen LogP contribution in [0.1, 0.15) is 21.6 Å². The zero-order valence-electron chi connectivity index (χ0n) is 9.65. The fourth-order valence-corrected chi connectivity index (χ4v) is 2.00. The number of aromatic nitrogens is 1. The van der Waals surface area contributed by atoms with E-state index in [2.05, 4.69) is 0 Å². The lowest BCUT2D eigenvalue weighted by atomic mass is 10.2. The van der Waals surface area contributed by atoms with E-state index < -0.39 is 11.8 Å². The number of benzene rings is 1. The Labute approximate surface area is 108 Å². The van der Waals surface area contributed by atoms with E-state index in [4.69, 9.17) is 16.7 Å². The van der Waals surface area contributed by atoms with Crippen molar-refractivity contribution in [2.45, 2.75) is 13.5 Å². The van der Waals surface area contributed by atoms with E-state index in [1.165, 1.54) is 10.6 Å². The maximum absolute atomic E-state index is 13.6. The van der Waals surface area contributed by atoms with E-state index in [9.17, 15) is 9.18 Å². The summed E-state index contributed by atoms with van der Waals surface area (Å²) in [6.07, 6.45) is 1.63. The van der Waals surface area contributed by atoms with Crippen LogP contribution in [0, 0.1) is 12.7 Å². The predicted octanol–water partition coefficient (Wildman–Crippen LogP) is 3.34. The topological polar surface area (TPSA) is 42.2 Å². The minimum absolute atomic E-state index is 0.165. The van der Waals surface area contributed by atoms with Gasteiger partial charge in [-0.3, -0.25) is 0 Å². The standard InChI is InChI=1S/C13H11ClFNO2/c1-8-4-5-16(12(8)13(17)18)7-9-2-3-10(14)6-11(9)15/h2-6H,7H2,1H3,(H,17,18). The number of carboxylic acids is 1. The third kappa shape index (κ3) is 2.38. The molecular weight excluding hydrogens is 257 g/mol. The molecular formula is C13H11ClFNO2. The van der Waals surface area contributed by atoms with Gasteiger partial charge in [0.15, 0.2) is 0 Å². The number of carboxylic acid groups (broad SMARTS) is 1. The van der Waals surface area contributed by atoms with Crippen LogP contribution in [0.4, 0.5) is 4.39 Å². The number of hydrogen-bond donors (Lipinski definition) is 1. The molecule has 18 heavy (non-hydrogen) atoms. The zero-order chi connectivity index (χ0) is 13.3. The van der Waals surface area contributed by atoms with Crippen LogP contribution >= 0.6 is 11.6 Å². The third-order valence-corrected chi connectivity index (χ3v) is 2.96. The molecule has 0 radical (unpaired) electrons. The minimum atomic E-state index is -1.02. The van der Waals surface area contributed by atoms with Gasteiger partial charge < -0.3 is 9.67 Å². The Morgan fingerprint density at radius 1 is 1.44 bits per heavy atom. The Morgan fingerprint density at radius 3 is 2.78 bits per heavy atom. The maximum Gasteiger partial charge on any atom is 0.352 e. The van der Waals surface area contributed by atoms with Gasteiger partial charge in [0.2, 0.25) is 0 Å². The average molecular weight is 268 g/mol. The fraction of sp³-hybridized carbons (Fsp3) is 0.154. The molecule has 5 heteroatoms. The van der Waals surface area contributed by atoms with Gasteiger partial charge >= 0.3 is 5.97 Å². The third-order valence-electron chi connectivity index (χ3n) is 2.72. The highest BCUT2D eigenvalue weighted by Gasteiger charge is 2.14. The first-order valence-electron chi connectivity index (χ1n) is 5.32. The van der Waals surface area contributed by atoms with Crippen molar-refractivity contribution in [2.75, 3.05) is 0 Å². The quantitative estimate of drug-likeness (QED) is 0.927. The lowest BCUT2D eigenvalue weighted by molar-refractivity contribution is 0.0685. The molecule has 0 unspecified atom stereocenters. The summed E-state index contributed by atoms with van der Waals surface area (Å²) in [5.74, 6) is -1.46. The molecule has 94 valence electrons. The van der Waals surface area contributed by atoms with Crippen molar-refractivity contribution in [1.29, 1.82) is 0 Å². The summed E-state index contributed by atoms with van der Waals surface area (Å²) in [7, 11) is 0. The van der Waals surface area contributed by atoms with Crippen LogP contribution in [0.5, 0.6) is 0 Å². The molecule has 0 aliphatic carbocycles. The molecule has 0 atom stereocenters. The van der Waals surface area contributed by atoms with Crippen LogP contribution in [0.25, 0.3) is 0 Å². The molecule has 1 aromatic heterocycles. The lowest BCUT2D eigenvalue weighted by Gasteiger charge is -2.08. The number of nitrogens with zero attached hydrogens (tertiary/aromatic N) is 1. The summed E-state index contributed by atoms with van der Waals surface area (Å²) >= 11 is 5.66. The molecule has 0 saturated heterocycles. The van der Waals surface area contributed by atoms with E-state index >= 15 is 0 Å². The van der Waals surface area contributed by atoms with Gasteiger partial charge in [-0.1, -0.05) is 17.7 Å². The van der Waals surface area contributed by atoms with E-state index in [1.54, 1.807) is 31.3 Å². The Morgan fingerprint density at radius 2 is 2.17 bits per heavy atom. The van der Waals surface area contributed by atoms with Gasteiger partial charge in [-0.15, -0.1) is 0 Å². The molecule has 0 amide bonds. The first-order chi connectivity index (χ1) is 8.49. The van der Waals surface area contributed by atoms with E-state index in [0.29, 0.717) is 16.1 Å². The first kappa shape index (κ1) is 12.6. The Balaban J connectivity index is 2.37. The summed E-state index contributed by atoms with van der Waals surface area (Å²) in [5.41, 5.74) is 1.22. The smallest absolute Gasteiger partial charge is 0.352 e. The highest BCUT2D eigenvalue weighted by Crippen LogP contribution is 2.18. The second-order valence-corrected chi connectivity index (χ2v) is 4.45. The summed E-state index contributed by atoms with van der Waals surface area (Å²) < 4.78 is 15.1. The molecule has 1 heterocycles. The molecule has 0 bridgehead atoms. The van der Waals surface area contributed by atoms with Crippen molar-refractivity contribution in [1.82, 2.24) is 4.57 Å². The monoisotopic (exact) mass is 267 g/mol. The normalized spacial score (nSPS) is 10.6. The second kappa shape index (κ2) is 4.82. The number of rotatable bonds is 3. The van der Waals surface area contributed by atoms with Crippen LogP contribution in [-0.4, -0.2) is 15.6 Å². The van der Waals surface area contributed by atoms with Crippen LogP contribution < -0.4 is 0 Å². The number of aromatic carboxylic acids is 1. The summed E-state index contributed by atoms with van der Waals surface area (Å²) in [4.78, 5) is 11.1. The fourth-order valence-electron chi connectivity index (χ4n) is 1.84. The van der Waals surface area contributed by atoms with Crippen LogP contribution in [0.15, 0.2) is 30.5 Å². The van der Waals surface area contributed by atoms with Crippen LogP contribution in [-0.2, 0) is 6.54 Å². The van der Waals surface area contributed by atoms with Gasteiger partial charge in [-0.25, -0.2) is 9.18 Å². The Kier molecular flexibility index (Phi) is 3.39. The van der Waals surface area contributed by atoms with Crippen molar-refractivity contribution in [3.8, 4) is 0 Å². The van der Waals surface area contributed by atoms with Gasteiger partial charge in [0.25, 0.3) is 0 Å². The molecule has 1 N–H and O–H groups in total. The number of aryl methyl sites for hydroxylation is 1. The molecule has 0 aliphatic heterocycles. The van der Waals surface area contributed by atoms with Crippen molar-refractivity contribution >= 4 is 17.6 Å². The molecule has 2 rings (SSSR count). The summed E-state index contributed by atoms with van der Waals surface area (Å²) in [5, 5.41) is 9.41. The summed E-state index contributed by atoms with van der Waals surface area (Å²) in [6.45, 7) is 1.87. The molecule has 3 nitrogen and oxygen atoms in total. The van der Waals surface area contributed by atoms with Gasteiger partial charge in [-0.05, 0) is 30.7 Å². The molecule has 1 aromatic carbocycles. The van der Waals surface area contributed by atoms with Crippen LogP contribution in [0.2, 0.25) is 5.02 Å². The molecule has 2 aromatic rings. The highest BCUT2D eigenvalue weighted by atomic mass is 35.5. The van der Waals surface area contributed by atoms with Crippen molar-refractivity contribution < 1.29 is 14.3 Å². The number of carbonyl (C=O) groups is 1. The van der Waals surface area contributed by atoms with Gasteiger partial charge in [0.1, 0.15) is 11.5 Å². The zero-order valence-corrected chi connectivity index (χ0v) is 10.4. The number of hydrogen-bond acceptors (Lipinski definition) is 1. The molecule has 0 aliphatic rings. The van der Waals surface area contributed by atoms with Gasteiger partial charge in [0, 0.05) is 16.8 Å². The number of halogens is 2.